The number of sulfonamides is 1. The molecule has 2 aromatic rings. The highest BCUT2D eigenvalue weighted by Gasteiger charge is 2.75. The number of ether oxygens (including phenoxy) is 2. The van der Waals surface area contributed by atoms with Crippen LogP contribution in [0.5, 0.6) is 11.5 Å². The molecule has 7 nitrogen and oxygen atoms in total. The zero-order valence-corrected chi connectivity index (χ0v) is 16.9. The van der Waals surface area contributed by atoms with Crippen molar-refractivity contribution in [1.82, 2.24) is 0 Å². The number of rotatable bonds is 5. The quantitative estimate of drug-likeness (QED) is 0.800. The lowest BCUT2D eigenvalue weighted by atomic mass is 10.2. The molecule has 1 amide bonds. The van der Waals surface area contributed by atoms with Crippen LogP contribution in [0.1, 0.15) is 6.42 Å². The summed E-state index contributed by atoms with van der Waals surface area (Å²) < 4.78 is 36.5. The first-order valence-corrected chi connectivity index (χ1v) is 10.5. The van der Waals surface area contributed by atoms with E-state index >= 15 is 0 Å². The van der Waals surface area contributed by atoms with Crippen LogP contribution in [0.3, 0.4) is 0 Å². The average molecular weight is 423 g/mol. The molecule has 2 fully saturated rings. The van der Waals surface area contributed by atoms with Crippen LogP contribution in [0.25, 0.3) is 0 Å². The van der Waals surface area contributed by atoms with E-state index in [0.717, 1.165) is 0 Å². The average Bonchev–Trinajstić information content (AvgIpc) is 3.37. The summed E-state index contributed by atoms with van der Waals surface area (Å²) in [5.41, 5.74) is 0.946. The number of carbonyl (C=O) groups excluding carboxylic acids is 1. The summed E-state index contributed by atoms with van der Waals surface area (Å²) in [7, 11) is -0.810. The van der Waals surface area contributed by atoms with Crippen molar-refractivity contribution in [3.05, 3.63) is 47.5 Å². The molecule has 1 aliphatic carbocycles. The number of benzene rings is 2. The molecule has 1 N–H and O–H groups in total. The highest BCUT2D eigenvalue weighted by atomic mass is 35.5. The second-order valence-electron chi connectivity index (χ2n) is 6.83. The zero-order chi connectivity index (χ0) is 20.1. The fourth-order valence-electron chi connectivity index (χ4n) is 3.70. The molecule has 0 bridgehead atoms. The third-order valence-corrected chi connectivity index (χ3v) is 8.18. The molecule has 2 atom stereocenters. The molecule has 148 valence electrons. The van der Waals surface area contributed by atoms with Gasteiger partial charge in [0, 0.05) is 18.2 Å². The van der Waals surface area contributed by atoms with Crippen LogP contribution in [0.2, 0.25) is 5.02 Å². The Morgan fingerprint density at radius 3 is 2.50 bits per heavy atom. The predicted octanol–water partition coefficient (Wildman–Crippen LogP) is 2.90. The number of anilines is 2. The van der Waals surface area contributed by atoms with Gasteiger partial charge in [-0.25, -0.2) is 8.42 Å². The van der Waals surface area contributed by atoms with Gasteiger partial charge in [0.15, 0.2) is 4.75 Å². The Bertz CT molecular complexity index is 1040. The second kappa shape index (κ2) is 6.56. The lowest BCUT2D eigenvalue weighted by Crippen LogP contribution is -2.42. The first kappa shape index (κ1) is 18.9. The van der Waals surface area contributed by atoms with Gasteiger partial charge in [0.1, 0.15) is 11.5 Å². The topological polar surface area (TPSA) is 84.9 Å². The number of nitrogens with zero attached hydrogens (tertiary/aromatic N) is 1. The number of fused-ring (bicyclic) bond motifs is 1. The highest BCUT2D eigenvalue weighted by Crippen LogP contribution is 2.58. The molecule has 1 saturated heterocycles. The molecule has 1 aliphatic heterocycles. The molecule has 0 spiro atoms. The van der Waals surface area contributed by atoms with Crippen LogP contribution in [0.15, 0.2) is 42.5 Å². The molecule has 0 unspecified atom stereocenters. The Morgan fingerprint density at radius 2 is 1.89 bits per heavy atom. The van der Waals surface area contributed by atoms with Gasteiger partial charge in [-0.1, -0.05) is 11.6 Å². The van der Waals surface area contributed by atoms with Crippen molar-refractivity contribution >= 4 is 38.9 Å². The maximum Gasteiger partial charge on any atom is 0.250 e. The monoisotopic (exact) mass is 422 g/mol. The standard InChI is InChI=1S/C19H19ClN2O5S/c1-26-15-6-4-14(5-7-15)22-11-12-10-19(12,28(22,24)25)18(23)21-13-3-8-17(27-2)16(20)9-13/h3-9,12H,10-11H2,1-2H3,(H,21,23)/t12-,19-/m1/s1. The fraction of sp³-hybridized carbons (Fsp3) is 0.316. The minimum absolute atomic E-state index is 0.242. The van der Waals surface area contributed by atoms with E-state index in [4.69, 9.17) is 21.1 Å². The first-order chi connectivity index (χ1) is 13.3. The maximum atomic E-state index is 13.2. The SMILES string of the molecule is COc1ccc(N2C[C@H]3C[C@@]3(C(=O)Nc3ccc(OC)c(Cl)c3)S2(=O)=O)cc1. The molecule has 1 saturated carbocycles. The van der Waals surface area contributed by atoms with Crippen molar-refractivity contribution < 1.29 is 22.7 Å². The smallest absolute Gasteiger partial charge is 0.250 e. The Hall–Kier alpha value is -2.45. The Kier molecular flexibility index (Phi) is 4.43. The maximum absolute atomic E-state index is 13.2. The van der Waals surface area contributed by atoms with Crippen LogP contribution >= 0.6 is 11.6 Å². The van der Waals surface area contributed by atoms with Gasteiger partial charge in [0.25, 0.3) is 0 Å². The minimum Gasteiger partial charge on any atom is -0.497 e. The summed E-state index contributed by atoms with van der Waals surface area (Å²) in [6.07, 6.45) is 0.317. The second-order valence-corrected chi connectivity index (χ2v) is 9.35. The summed E-state index contributed by atoms with van der Waals surface area (Å²) in [6, 6.07) is 11.5. The molecule has 28 heavy (non-hydrogen) atoms. The Morgan fingerprint density at radius 1 is 1.18 bits per heavy atom. The number of amides is 1. The van der Waals surface area contributed by atoms with Crippen molar-refractivity contribution in [3.8, 4) is 11.5 Å². The molecular formula is C19H19ClN2O5S. The van der Waals surface area contributed by atoms with Crippen molar-refractivity contribution in [3.63, 3.8) is 0 Å². The molecule has 2 aromatic carbocycles. The van der Waals surface area contributed by atoms with E-state index in [0.29, 0.717) is 34.3 Å². The third-order valence-electron chi connectivity index (χ3n) is 5.34. The van der Waals surface area contributed by atoms with Crippen molar-refractivity contribution in [2.75, 3.05) is 30.4 Å². The minimum atomic E-state index is -3.85. The Balaban J connectivity index is 1.58. The normalized spacial score (nSPS) is 24.4. The molecule has 1 heterocycles. The van der Waals surface area contributed by atoms with E-state index in [9.17, 15) is 13.2 Å². The number of carbonyl (C=O) groups is 1. The fourth-order valence-corrected chi connectivity index (χ4v) is 6.32. The van der Waals surface area contributed by atoms with Gasteiger partial charge in [-0.2, -0.15) is 0 Å². The summed E-state index contributed by atoms with van der Waals surface area (Å²) in [5, 5.41) is 3.03. The van der Waals surface area contributed by atoms with Crippen molar-refractivity contribution in [1.29, 1.82) is 0 Å². The largest absolute Gasteiger partial charge is 0.497 e. The highest BCUT2D eigenvalue weighted by molar-refractivity contribution is 7.95. The molecule has 0 aromatic heterocycles. The summed E-state index contributed by atoms with van der Waals surface area (Å²) in [5.74, 6) is 0.332. The number of nitrogens with one attached hydrogen (secondary N) is 1. The predicted molar refractivity (Wildman–Crippen MR) is 107 cm³/mol. The lowest BCUT2D eigenvalue weighted by Gasteiger charge is -2.23. The lowest BCUT2D eigenvalue weighted by molar-refractivity contribution is -0.116. The molecule has 0 radical (unpaired) electrons. The third kappa shape index (κ3) is 2.70. The van der Waals surface area contributed by atoms with Gasteiger partial charge < -0.3 is 14.8 Å². The van der Waals surface area contributed by atoms with Gasteiger partial charge in [-0.3, -0.25) is 9.10 Å². The van der Waals surface area contributed by atoms with E-state index in [1.165, 1.54) is 17.5 Å². The van der Waals surface area contributed by atoms with Gasteiger partial charge in [0.05, 0.1) is 24.9 Å². The first-order valence-electron chi connectivity index (χ1n) is 8.65. The van der Waals surface area contributed by atoms with E-state index in [1.807, 2.05) is 0 Å². The number of halogens is 1. The summed E-state index contributed by atoms with van der Waals surface area (Å²) in [4.78, 5) is 12.9. The number of hydrogen-bond donors (Lipinski definition) is 1. The van der Waals surface area contributed by atoms with Crippen molar-refractivity contribution in [2.45, 2.75) is 11.2 Å². The van der Waals surface area contributed by atoms with Crippen LogP contribution in [0, 0.1) is 5.92 Å². The van der Waals surface area contributed by atoms with Gasteiger partial charge in [-0.05, 0) is 48.9 Å². The van der Waals surface area contributed by atoms with Gasteiger partial charge in [-0.15, -0.1) is 0 Å². The van der Waals surface area contributed by atoms with Crippen LogP contribution in [-0.2, 0) is 14.8 Å². The number of hydrogen-bond acceptors (Lipinski definition) is 5. The number of methoxy groups -OCH3 is 2. The van der Waals surface area contributed by atoms with Crippen LogP contribution in [-0.4, -0.2) is 39.8 Å². The van der Waals surface area contributed by atoms with Gasteiger partial charge >= 0.3 is 0 Å². The zero-order valence-electron chi connectivity index (χ0n) is 15.3. The van der Waals surface area contributed by atoms with Crippen LogP contribution < -0.4 is 19.1 Å². The van der Waals surface area contributed by atoms with Crippen molar-refractivity contribution in [2.24, 2.45) is 5.92 Å². The van der Waals surface area contributed by atoms with Crippen LogP contribution in [0.4, 0.5) is 11.4 Å². The summed E-state index contributed by atoms with van der Waals surface area (Å²) >= 11 is 6.09. The van der Waals surface area contributed by atoms with E-state index in [1.54, 1.807) is 43.5 Å². The van der Waals surface area contributed by atoms with E-state index in [2.05, 4.69) is 5.32 Å². The molecular weight excluding hydrogens is 404 g/mol. The summed E-state index contributed by atoms with van der Waals surface area (Å²) in [6.45, 7) is 0.283. The van der Waals surface area contributed by atoms with Gasteiger partial charge in [0.2, 0.25) is 15.9 Å². The molecule has 4 rings (SSSR count). The molecule has 2 aliphatic rings. The van der Waals surface area contributed by atoms with E-state index < -0.39 is 20.7 Å². The Labute approximate surface area is 168 Å². The molecule has 9 heteroatoms. The van der Waals surface area contributed by atoms with E-state index in [-0.39, 0.29) is 12.5 Å².